The van der Waals surface area contributed by atoms with Crippen molar-refractivity contribution in [3.05, 3.63) is 57.5 Å². The lowest BCUT2D eigenvalue weighted by molar-refractivity contribution is 0.0950. The van der Waals surface area contributed by atoms with Crippen LogP contribution in [0.1, 0.15) is 16.1 Å². The minimum absolute atomic E-state index is 0.176. The molecule has 8 heteroatoms. The average Bonchev–Trinajstić information content (AvgIpc) is 3.18. The molecule has 0 radical (unpaired) electrons. The number of hydrazone groups is 1. The molecule has 3 rings (SSSR count). The smallest absolute Gasteiger partial charge is 0.291 e. The van der Waals surface area contributed by atoms with E-state index in [4.69, 9.17) is 0 Å². The lowest BCUT2D eigenvalue weighted by atomic mass is 10.2. The highest BCUT2D eigenvalue weighted by molar-refractivity contribution is 9.11. The van der Waals surface area contributed by atoms with E-state index in [0.717, 1.165) is 19.9 Å². The van der Waals surface area contributed by atoms with Crippen LogP contribution in [-0.4, -0.2) is 27.4 Å². The number of halogens is 1. The molecule has 116 valence electrons. The van der Waals surface area contributed by atoms with Gasteiger partial charge >= 0.3 is 0 Å². The van der Waals surface area contributed by atoms with Crippen LogP contribution in [0, 0.1) is 0 Å². The summed E-state index contributed by atoms with van der Waals surface area (Å²) >= 11 is 4.94. The Kier molecular flexibility index (Phi) is 4.54. The van der Waals surface area contributed by atoms with Crippen molar-refractivity contribution in [2.75, 3.05) is 0 Å². The zero-order valence-corrected chi connectivity index (χ0v) is 14.1. The zero-order chi connectivity index (χ0) is 16.2. The lowest BCUT2D eigenvalue weighted by Gasteiger charge is -1.95. The molecule has 0 saturated heterocycles. The van der Waals surface area contributed by atoms with Crippen LogP contribution in [0.5, 0.6) is 5.75 Å². The first kappa shape index (κ1) is 15.4. The summed E-state index contributed by atoms with van der Waals surface area (Å²) in [5.41, 5.74) is 4.20. The van der Waals surface area contributed by atoms with Crippen LogP contribution in [0.25, 0.3) is 10.6 Å². The highest BCUT2D eigenvalue weighted by Gasteiger charge is 2.11. The average molecular weight is 391 g/mol. The van der Waals surface area contributed by atoms with Crippen molar-refractivity contribution in [1.29, 1.82) is 0 Å². The van der Waals surface area contributed by atoms with E-state index < -0.39 is 5.91 Å². The van der Waals surface area contributed by atoms with Crippen molar-refractivity contribution in [3.8, 4) is 16.3 Å². The Balaban J connectivity index is 1.64. The predicted molar refractivity (Wildman–Crippen MR) is 92.8 cm³/mol. The topological polar surface area (TPSA) is 90.4 Å². The number of phenolic OH excluding ortho intramolecular Hbond substituents is 1. The Morgan fingerprint density at radius 3 is 2.78 bits per heavy atom. The molecule has 0 aliphatic rings. The van der Waals surface area contributed by atoms with E-state index >= 15 is 0 Å². The summed E-state index contributed by atoms with van der Waals surface area (Å²) in [6.07, 6.45) is 1.49. The normalized spacial score (nSPS) is 11.0. The van der Waals surface area contributed by atoms with Crippen LogP contribution in [0.2, 0.25) is 0 Å². The number of phenols is 1. The number of nitrogens with zero attached hydrogens (tertiary/aromatic N) is 2. The molecule has 0 aliphatic heterocycles. The van der Waals surface area contributed by atoms with Crippen molar-refractivity contribution in [2.45, 2.75) is 0 Å². The van der Waals surface area contributed by atoms with E-state index in [1.54, 1.807) is 41.7 Å². The fourth-order valence-corrected chi connectivity index (χ4v) is 3.16. The molecule has 0 aliphatic carbocycles. The number of benzene rings is 1. The number of carbonyl (C=O) groups is 1. The van der Waals surface area contributed by atoms with Gasteiger partial charge in [-0.2, -0.15) is 10.2 Å². The van der Waals surface area contributed by atoms with E-state index in [-0.39, 0.29) is 11.4 Å². The second-order valence-electron chi connectivity index (χ2n) is 4.56. The van der Waals surface area contributed by atoms with Gasteiger partial charge in [0.25, 0.3) is 5.91 Å². The summed E-state index contributed by atoms with van der Waals surface area (Å²) in [5, 5.41) is 19.9. The molecule has 0 unspecified atom stereocenters. The van der Waals surface area contributed by atoms with E-state index in [1.165, 1.54) is 6.21 Å². The number of aromatic hydroxyl groups is 1. The quantitative estimate of drug-likeness (QED) is 0.471. The van der Waals surface area contributed by atoms with E-state index in [0.29, 0.717) is 0 Å². The Bertz CT molecular complexity index is 855. The van der Waals surface area contributed by atoms with E-state index in [2.05, 4.69) is 36.7 Å². The van der Waals surface area contributed by atoms with Crippen LogP contribution >= 0.6 is 27.3 Å². The van der Waals surface area contributed by atoms with Crippen molar-refractivity contribution in [3.63, 3.8) is 0 Å². The van der Waals surface area contributed by atoms with Gasteiger partial charge in [-0.3, -0.25) is 9.89 Å². The molecule has 2 aromatic heterocycles. The Morgan fingerprint density at radius 2 is 2.09 bits per heavy atom. The number of nitrogens with one attached hydrogen (secondary N) is 2. The van der Waals surface area contributed by atoms with Gasteiger partial charge in [-0.05, 0) is 64.0 Å². The van der Waals surface area contributed by atoms with Crippen LogP contribution in [0.4, 0.5) is 0 Å². The number of thiophene rings is 1. The number of H-pyrrole nitrogens is 1. The van der Waals surface area contributed by atoms with Gasteiger partial charge in [0.2, 0.25) is 0 Å². The maximum atomic E-state index is 12.0. The number of aromatic amines is 1. The van der Waals surface area contributed by atoms with Crippen LogP contribution < -0.4 is 5.43 Å². The monoisotopic (exact) mass is 390 g/mol. The third kappa shape index (κ3) is 3.85. The maximum Gasteiger partial charge on any atom is 0.291 e. The molecule has 1 amide bonds. The highest BCUT2D eigenvalue weighted by atomic mass is 79.9. The second-order valence-corrected chi connectivity index (χ2v) is 7.02. The summed E-state index contributed by atoms with van der Waals surface area (Å²) in [7, 11) is 0. The van der Waals surface area contributed by atoms with E-state index in [1.807, 2.05) is 12.1 Å². The lowest BCUT2D eigenvalue weighted by Crippen LogP contribution is -2.17. The number of aromatic nitrogens is 2. The fraction of sp³-hybridized carbons (Fsp3) is 0. The first-order valence-corrected chi connectivity index (χ1v) is 8.16. The summed E-state index contributed by atoms with van der Waals surface area (Å²) in [6.45, 7) is 0. The zero-order valence-electron chi connectivity index (χ0n) is 11.7. The molecule has 2 heterocycles. The third-order valence-corrected chi connectivity index (χ3v) is 4.58. The number of amides is 1. The maximum absolute atomic E-state index is 12.0. The molecule has 0 spiro atoms. The summed E-state index contributed by atoms with van der Waals surface area (Å²) in [5.74, 6) is -0.228. The standard InChI is InChI=1S/C15H11BrN4O2S/c16-14-6-5-13(23-14)11-7-12(19-18-11)15(22)20-17-8-9-1-3-10(21)4-2-9/h1-8,21H,(H,18,19)(H,20,22)/b17-8+. The molecule has 23 heavy (non-hydrogen) atoms. The first-order chi connectivity index (χ1) is 11.1. The molecule has 1 aromatic carbocycles. The van der Waals surface area contributed by atoms with Gasteiger partial charge in [0.1, 0.15) is 5.75 Å². The summed E-state index contributed by atoms with van der Waals surface area (Å²) < 4.78 is 1.01. The number of hydrogen-bond acceptors (Lipinski definition) is 5. The Morgan fingerprint density at radius 1 is 1.30 bits per heavy atom. The summed E-state index contributed by atoms with van der Waals surface area (Å²) in [6, 6.07) is 12.0. The Hall–Kier alpha value is -2.45. The molecular weight excluding hydrogens is 380 g/mol. The number of rotatable bonds is 4. The second kappa shape index (κ2) is 6.76. The van der Waals surface area contributed by atoms with E-state index in [9.17, 15) is 9.90 Å². The van der Waals surface area contributed by atoms with Crippen molar-refractivity contribution < 1.29 is 9.90 Å². The predicted octanol–water partition coefficient (Wildman–Crippen LogP) is 3.37. The van der Waals surface area contributed by atoms with Crippen LogP contribution in [0.15, 0.2) is 51.4 Å². The van der Waals surface area contributed by atoms with Gasteiger partial charge in [-0.1, -0.05) is 0 Å². The number of hydrogen-bond donors (Lipinski definition) is 3. The first-order valence-electron chi connectivity index (χ1n) is 6.55. The molecule has 3 aromatic rings. The van der Waals surface area contributed by atoms with Crippen molar-refractivity contribution in [1.82, 2.24) is 15.6 Å². The molecule has 0 fully saturated rings. The molecular formula is C15H11BrN4O2S. The third-order valence-electron chi connectivity index (χ3n) is 2.92. The van der Waals surface area contributed by atoms with Gasteiger partial charge < -0.3 is 5.11 Å². The van der Waals surface area contributed by atoms with Crippen molar-refractivity contribution in [2.24, 2.45) is 5.10 Å². The SMILES string of the molecule is O=C(N/N=C/c1ccc(O)cc1)c1cc(-c2ccc(Br)s2)[nH]n1. The minimum Gasteiger partial charge on any atom is -0.508 e. The van der Waals surface area contributed by atoms with Crippen LogP contribution in [-0.2, 0) is 0 Å². The van der Waals surface area contributed by atoms with Gasteiger partial charge in [0, 0.05) is 0 Å². The van der Waals surface area contributed by atoms with Gasteiger partial charge in [0.05, 0.1) is 20.6 Å². The molecule has 0 bridgehead atoms. The Labute approximate surface area is 144 Å². The van der Waals surface area contributed by atoms with Gasteiger partial charge in [0.15, 0.2) is 5.69 Å². The highest BCUT2D eigenvalue weighted by Crippen LogP contribution is 2.30. The largest absolute Gasteiger partial charge is 0.508 e. The van der Waals surface area contributed by atoms with Crippen molar-refractivity contribution >= 4 is 39.4 Å². The minimum atomic E-state index is -0.404. The molecule has 0 atom stereocenters. The fourth-order valence-electron chi connectivity index (χ4n) is 1.81. The number of carbonyl (C=O) groups excluding carboxylic acids is 1. The van der Waals surface area contributed by atoms with Crippen LogP contribution in [0.3, 0.4) is 0 Å². The molecule has 3 N–H and O–H groups in total. The van der Waals surface area contributed by atoms with Gasteiger partial charge in [-0.25, -0.2) is 5.43 Å². The van der Waals surface area contributed by atoms with Gasteiger partial charge in [-0.15, -0.1) is 11.3 Å². The molecule has 0 saturated carbocycles. The molecule has 6 nitrogen and oxygen atoms in total. The summed E-state index contributed by atoms with van der Waals surface area (Å²) in [4.78, 5) is 13.0.